The maximum atomic E-state index is 13.0. The predicted octanol–water partition coefficient (Wildman–Crippen LogP) is 3.57. The summed E-state index contributed by atoms with van der Waals surface area (Å²) in [5, 5.41) is 0. The Morgan fingerprint density at radius 3 is 2.77 bits per heavy atom. The number of carbonyl (C=O) groups is 1. The van der Waals surface area contributed by atoms with E-state index in [1.54, 1.807) is 0 Å². The molecule has 120 valence electrons. The molecular weight excluding hydrogens is 272 g/mol. The molecule has 3 nitrogen and oxygen atoms in total. The molecule has 2 N–H and O–H groups in total. The molecule has 1 saturated heterocycles. The minimum absolute atomic E-state index is 0.153. The largest absolute Gasteiger partial charge is 0.335 e. The van der Waals surface area contributed by atoms with E-state index in [-0.39, 0.29) is 18.0 Å². The van der Waals surface area contributed by atoms with Gasteiger partial charge in [0.1, 0.15) is 0 Å². The Kier molecular flexibility index (Phi) is 4.82. The Bertz CT molecular complexity index is 528. The molecule has 3 unspecified atom stereocenters. The Morgan fingerprint density at radius 2 is 2.05 bits per heavy atom. The molecule has 1 aliphatic heterocycles. The number of amides is 1. The number of likely N-dealkylation sites (tertiary alicyclic amines) is 1. The number of nitrogens with zero attached hydrogens (tertiary/aromatic N) is 1. The van der Waals surface area contributed by atoms with E-state index in [1.165, 1.54) is 24.0 Å². The second-order valence-corrected chi connectivity index (χ2v) is 7.08. The molecule has 3 atom stereocenters. The summed E-state index contributed by atoms with van der Waals surface area (Å²) in [6.07, 6.45) is 7.51. The van der Waals surface area contributed by atoms with E-state index in [0.717, 1.165) is 38.6 Å². The molecule has 1 aromatic rings. The summed E-state index contributed by atoms with van der Waals surface area (Å²) in [5.74, 6) is 0.502. The number of nitrogens with two attached hydrogens (primary N) is 1. The Labute approximate surface area is 133 Å². The van der Waals surface area contributed by atoms with E-state index < -0.39 is 0 Å². The smallest absolute Gasteiger partial charge is 0.226 e. The van der Waals surface area contributed by atoms with Crippen LogP contribution < -0.4 is 5.73 Å². The summed E-state index contributed by atoms with van der Waals surface area (Å²) in [4.78, 5) is 15.2. The molecule has 2 fully saturated rings. The van der Waals surface area contributed by atoms with Crippen molar-refractivity contribution in [2.75, 3.05) is 6.54 Å². The average Bonchev–Trinajstić information content (AvgIpc) is 2.80. The van der Waals surface area contributed by atoms with Crippen molar-refractivity contribution in [2.24, 2.45) is 11.7 Å². The molecule has 22 heavy (non-hydrogen) atoms. The highest BCUT2D eigenvalue weighted by atomic mass is 16.2. The van der Waals surface area contributed by atoms with Gasteiger partial charge in [0.15, 0.2) is 0 Å². The van der Waals surface area contributed by atoms with E-state index >= 15 is 0 Å². The van der Waals surface area contributed by atoms with Crippen LogP contribution in [0.4, 0.5) is 0 Å². The minimum atomic E-state index is 0.153. The quantitative estimate of drug-likeness (QED) is 0.907. The maximum absolute atomic E-state index is 13.0. The lowest BCUT2D eigenvalue weighted by molar-refractivity contribution is -0.137. The van der Waals surface area contributed by atoms with Crippen molar-refractivity contribution in [1.29, 1.82) is 0 Å². The van der Waals surface area contributed by atoms with Crippen molar-refractivity contribution >= 4 is 5.91 Å². The predicted molar refractivity (Wildman–Crippen MR) is 89.4 cm³/mol. The fraction of sp³-hybridized carbons (Fsp3) is 0.632. The van der Waals surface area contributed by atoms with Gasteiger partial charge in [-0.3, -0.25) is 4.79 Å². The third-order valence-electron chi connectivity index (χ3n) is 5.29. The molecular formula is C19H28N2O. The van der Waals surface area contributed by atoms with Crippen molar-refractivity contribution in [1.82, 2.24) is 4.90 Å². The first-order valence-corrected chi connectivity index (χ1v) is 8.78. The van der Waals surface area contributed by atoms with Gasteiger partial charge in [-0.2, -0.15) is 0 Å². The summed E-state index contributed by atoms with van der Waals surface area (Å²) in [5.41, 5.74) is 8.60. The highest BCUT2D eigenvalue weighted by Gasteiger charge is 2.34. The molecule has 0 aromatic heterocycles. The SMILES string of the molecule is Cc1cccc(C2CCCCCN2C(=O)C2CCC(N)C2)c1. The molecule has 0 radical (unpaired) electrons. The van der Waals surface area contributed by atoms with Crippen LogP contribution in [0.3, 0.4) is 0 Å². The molecule has 1 saturated carbocycles. The summed E-state index contributed by atoms with van der Waals surface area (Å²) in [7, 11) is 0. The van der Waals surface area contributed by atoms with Crippen LogP contribution in [0.25, 0.3) is 0 Å². The van der Waals surface area contributed by atoms with Crippen LogP contribution in [-0.4, -0.2) is 23.4 Å². The normalized spacial score (nSPS) is 29.4. The minimum Gasteiger partial charge on any atom is -0.335 e. The van der Waals surface area contributed by atoms with Crippen molar-refractivity contribution < 1.29 is 4.79 Å². The molecule has 1 heterocycles. The maximum Gasteiger partial charge on any atom is 0.226 e. The zero-order valence-electron chi connectivity index (χ0n) is 13.6. The van der Waals surface area contributed by atoms with Crippen LogP contribution in [0.2, 0.25) is 0 Å². The van der Waals surface area contributed by atoms with Gasteiger partial charge in [-0.05, 0) is 44.6 Å². The molecule has 3 rings (SSSR count). The third-order valence-corrected chi connectivity index (χ3v) is 5.29. The van der Waals surface area contributed by atoms with Crippen molar-refractivity contribution in [2.45, 2.75) is 64.0 Å². The fourth-order valence-electron chi connectivity index (χ4n) is 4.07. The zero-order chi connectivity index (χ0) is 15.5. The van der Waals surface area contributed by atoms with E-state index in [4.69, 9.17) is 5.73 Å². The third kappa shape index (κ3) is 3.35. The second kappa shape index (κ2) is 6.82. The Balaban J connectivity index is 1.83. The monoisotopic (exact) mass is 300 g/mol. The average molecular weight is 300 g/mol. The van der Waals surface area contributed by atoms with Crippen molar-refractivity contribution in [3.63, 3.8) is 0 Å². The van der Waals surface area contributed by atoms with Gasteiger partial charge < -0.3 is 10.6 Å². The molecule has 0 spiro atoms. The zero-order valence-corrected chi connectivity index (χ0v) is 13.6. The number of hydrogen-bond acceptors (Lipinski definition) is 2. The summed E-state index contributed by atoms with van der Waals surface area (Å²) in [6.45, 7) is 3.03. The molecule has 1 aliphatic carbocycles. The van der Waals surface area contributed by atoms with E-state index in [9.17, 15) is 4.79 Å². The van der Waals surface area contributed by atoms with Gasteiger partial charge in [0, 0.05) is 18.5 Å². The van der Waals surface area contributed by atoms with Crippen LogP contribution in [-0.2, 0) is 4.79 Å². The molecule has 0 bridgehead atoms. The molecule has 1 aromatic carbocycles. The van der Waals surface area contributed by atoms with E-state index in [2.05, 4.69) is 36.1 Å². The lowest BCUT2D eigenvalue weighted by Crippen LogP contribution is -2.38. The molecule has 3 heteroatoms. The lowest BCUT2D eigenvalue weighted by Gasteiger charge is -2.33. The van der Waals surface area contributed by atoms with Crippen molar-refractivity contribution in [3.8, 4) is 0 Å². The first kappa shape index (κ1) is 15.5. The molecule has 2 aliphatic rings. The highest BCUT2D eigenvalue weighted by Crippen LogP contribution is 2.34. The van der Waals surface area contributed by atoms with Crippen LogP contribution >= 0.6 is 0 Å². The fourth-order valence-corrected chi connectivity index (χ4v) is 4.07. The van der Waals surface area contributed by atoms with Crippen LogP contribution in [0.5, 0.6) is 0 Å². The first-order valence-electron chi connectivity index (χ1n) is 8.78. The second-order valence-electron chi connectivity index (χ2n) is 7.08. The number of benzene rings is 1. The van der Waals surface area contributed by atoms with E-state index in [1.807, 2.05) is 0 Å². The number of aryl methyl sites for hydroxylation is 1. The van der Waals surface area contributed by atoms with E-state index in [0.29, 0.717) is 5.91 Å². The molecule has 1 amide bonds. The Morgan fingerprint density at radius 1 is 1.18 bits per heavy atom. The summed E-state index contributed by atoms with van der Waals surface area (Å²) in [6, 6.07) is 9.15. The standard InChI is InChI=1S/C19H28N2O/c1-14-6-5-7-15(12-14)18-8-3-2-4-11-21(18)19(22)16-9-10-17(20)13-16/h5-7,12,16-18H,2-4,8-11,13,20H2,1H3. The van der Waals surface area contributed by atoms with Crippen LogP contribution in [0.15, 0.2) is 24.3 Å². The van der Waals surface area contributed by atoms with Gasteiger partial charge in [-0.15, -0.1) is 0 Å². The summed E-state index contributed by atoms with van der Waals surface area (Å²) >= 11 is 0. The van der Waals surface area contributed by atoms with Gasteiger partial charge in [0.25, 0.3) is 0 Å². The van der Waals surface area contributed by atoms with Gasteiger partial charge >= 0.3 is 0 Å². The highest BCUT2D eigenvalue weighted by molar-refractivity contribution is 5.79. The lowest BCUT2D eigenvalue weighted by atomic mass is 9.97. The summed E-state index contributed by atoms with van der Waals surface area (Å²) < 4.78 is 0. The van der Waals surface area contributed by atoms with Gasteiger partial charge in [0.2, 0.25) is 5.91 Å². The topological polar surface area (TPSA) is 46.3 Å². The van der Waals surface area contributed by atoms with Gasteiger partial charge in [0.05, 0.1) is 6.04 Å². The van der Waals surface area contributed by atoms with Gasteiger partial charge in [-0.25, -0.2) is 0 Å². The van der Waals surface area contributed by atoms with Gasteiger partial charge in [-0.1, -0.05) is 42.7 Å². The Hall–Kier alpha value is -1.35. The number of hydrogen-bond donors (Lipinski definition) is 1. The number of rotatable bonds is 2. The van der Waals surface area contributed by atoms with Crippen LogP contribution in [0.1, 0.15) is 62.1 Å². The number of carbonyl (C=O) groups excluding carboxylic acids is 1. The van der Waals surface area contributed by atoms with Crippen molar-refractivity contribution in [3.05, 3.63) is 35.4 Å². The van der Waals surface area contributed by atoms with Crippen LogP contribution in [0, 0.1) is 12.8 Å². The first-order chi connectivity index (χ1) is 10.6.